The van der Waals surface area contributed by atoms with Gasteiger partial charge in [-0.05, 0) is 73.2 Å². The molecule has 242 valence electrons. The Labute approximate surface area is 280 Å². The molecule has 0 radical (unpaired) electrons. The molecular formula is C42H49N3O2+2. The van der Waals surface area contributed by atoms with Gasteiger partial charge >= 0.3 is 0 Å². The molecule has 0 N–H and O–H groups in total. The van der Waals surface area contributed by atoms with Crippen molar-refractivity contribution in [3.05, 3.63) is 122 Å². The quantitative estimate of drug-likeness (QED) is 0.0702. The number of pyridine rings is 2. The van der Waals surface area contributed by atoms with E-state index in [2.05, 4.69) is 118 Å². The Bertz CT molecular complexity index is 1760. The summed E-state index contributed by atoms with van der Waals surface area (Å²) in [4.78, 5) is 0. The van der Waals surface area contributed by atoms with E-state index in [1.54, 1.807) is 0 Å². The third kappa shape index (κ3) is 8.79. The highest BCUT2D eigenvalue weighted by atomic mass is 16.5. The van der Waals surface area contributed by atoms with Gasteiger partial charge in [0.15, 0.2) is 24.8 Å². The van der Waals surface area contributed by atoms with Gasteiger partial charge < -0.3 is 14.0 Å². The van der Waals surface area contributed by atoms with Crippen molar-refractivity contribution in [3.63, 3.8) is 0 Å². The van der Waals surface area contributed by atoms with Crippen LogP contribution in [0.25, 0.3) is 32.9 Å². The molecule has 3 aromatic carbocycles. The number of unbranched alkanes of at least 4 members (excludes halogenated alkanes) is 5. The molecule has 0 atom stereocenters. The maximum absolute atomic E-state index is 6.01. The van der Waals surface area contributed by atoms with Crippen molar-refractivity contribution in [3.8, 4) is 22.6 Å². The van der Waals surface area contributed by atoms with Gasteiger partial charge in [-0.3, -0.25) is 0 Å². The minimum absolute atomic E-state index is 0.741. The molecule has 6 rings (SSSR count). The topological polar surface area (TPSA) is 31.2 Å². The molecule has 0 spiro atoms. The van der Waals surface area contributed by atoms with E-state index in [-0.39, 0.29) is 0 Å². The number of hydrogen-bond acceptors (Lipinski definition) is 2. The predicted molar refractivity (Wildman–Crippen MR) is 192 cm³/mol. The Morgan fingerprint density at radius 2 is 0.957 bits per heavy atom. The van der Waals surface area contributed by atoms with Gasteiger partial charge in [0.25, 0.3) is 0 Å². The SMILES string of the molecule is CCC[n+]1ccc(-c2cc[n+](CCCCCOc3ccc(OCCCCCCn4c5ccccc5c5ccccc54)cc3)cc2)cc1. The second-order valence-electron chi connectivity index (χ2n) is 12.5. The first-order valence-electron chi connectivity index (χ1n) is 17.6. The molecule has 0 unspecified atom stereocenters. The Morgan fingerprint density at radius 3 is 1.49 bits per heavy atom. The van der Waals surface area contributed by atoms with Gasteiger partial charge in [0.05, 0.1) is 13.2 Å². The van der Waals surface area contributed by atoms with Crippen LogP contribution in [-0.2, 0) is 19.6 Å². The average molecular weight is 628 g/mol. The zero-order valence-electron chi connectivity index (χ0n) is 27.9. The van der Waals surface area contributed by atoms with E-state index in [4.69, 9.17) is 9.47 Å². The highest BCUT2D eigenvalue weighted by Gasteiger charge is 2.09. The molecule has 3 heterocycles. The van der Waals surface area contributed by atoms with E-state index in [9.17, 15) is 0 Å². The lowest BCUT2D eigenvalue weighted by Crippen LogP contribution is -2.32. The maximum Gasteiger partial charge on any atom is 0.169 e. The van der Waals surface area contributed by atoms with E-state index >= 15 is 0 Å². The van der Waals surface area contributed by atoms with Gasteiger partial charge in [0.1, 0.15) is 24.6 Å². The van der Waals surface area contributed by atoms with Crippen molar-refractivity contribution >= 4 is 21.8 Å². The molecule has 0 amide bonds. The Hall–Kier alpha value is -4.64. The second-order valence-corrected chi connectivity index (χ2v) is 12.5. The average Bonchev–Trinajstić information content (AvgIpc) is 3.44. The third-order valence-electron chi connectivity index (χ3n) is 8.98. The van der Waals surface area contributed by atoms with Crippen LogP contribution in [-0.4, -0.2) is 17.8 Å². The summed E-state index contributed by atoms with van der Waals surface area (Å²) >= 11 is 0. The summed E-state index contributed by atoms with van der Waals surface area (Å²) in [6, 6.07) is 34.4. The van der Waals surface area contributed by atoms with Crippen molar-refractivity contribution in [2.45, 2.75) is 77.9 Å². The van der Waals surface area contributed by atoms with Gasteiger partial charge in [0.2, 0.25) is 0 Å². The Balaban J connectivity index is 0.817. The number of rotatable bonds is 18. The molecule has 0 aliphatic carbocycles. The number of hydrogen-bond donors (Lipinski definition) is 0. The molecular weight excluding hydrogens is 578 g/mol. The summed E-state index contributed by atoms with van der Waals surface area (Å²) in [7, 11) is 0. The Kier molecular flexibility index (Phi) is 11.5. The van der Waals surface area contributed by atoms with Crippen LogP contribution in [0.2, 0.25) is 0 Å². The first-order chi connectivity index (χ1) is 23.3. The molecule has 6 aromatic rings. The lowest BCUT2D eigenvalue weighted by Gasteiger charge is -2.09. The number of para-hydroxylation sites is 2. The van der Waals surface area contributed by atoms with Crippen LogP contribution in [0.3, 0.4) is 0 Å². The molecule has 47 heavy (non-hydrogen) atoms. The molecule has 0 saturated heterocycles. The van der Waals surface area contributed by atoms with Crippen LogP contribution in [0.1, 0.15) is 58.3 Å². The minimum Gasteiger partial charge on any atom is -0.494 e. The van der Waals surface area contributed by atoms with E-state index in [1.807, 2.05) is 24.3 Å². The van der Waals surface area contributed by atoms with Gasteiger partial charge in [0, 0.05) is 65.5 Å². The van der Waals surface area contributed by atoms with Crippen LogP contribution in [0.15, 0.2) is 122 Å². The number of ether oxygens (including phenoxy) is 2. The minimum atomic E-state index is 0.741. The lowest BCUT2D eigenvalue weighted by atomic mass is 10.1. The van der Waals surface area contributed by atoms with Crippen LogP contribution >= 0.6 is 0 Å². The van der Waals surface area contributed by atoms with Gasteiger partial charge in [-0.1, -0.05) is 56.2 Å². The van der Waals surface area contributed by atoms with Gasteiger partial charge in [-0.2, -0.15) is 0 Å². The standard InChI is InChI=1S/C42H49N3O2/c1-2-26-43-29-22-35(23-30-43)36-24-31-44(32-25-36)27-10-5-13-34-47-38-20-18-37(19-21-38)46-33-12-4-3-11-28-45-41-16-8-6-14-39(41)40-15-7-9-17-42(40)45/h6-9,14-25,29-32H,2-5,10-13,26-28,33-34H2,1H3/q+2. The fraction of sp³-hybridized carbons (Fsp3) is 0.333. The summed E-state index contributed by atoms with van der Waals surface area (Å²) in [5.74, 6) is 1.83. The van der Waals surface area contributed by atoms with Crippen LogP contribution in [0.4, 0.5) is 0 Å². The number of nitrogens with zero attached hydrogens (tertiary/aromatic N) is 3. The number of aryl methyl sites for hydroxylation is 3. The highest BCUT2D eigenvalue weighted by molar-refractivity contribution is 6.07. The normalized spacial score (nSPS) is 11.3. The zero-order chi connectivity index (χ0) is 32.1. The highest BCUT2D eigenvalue weighted by Crippen LogP contribution is 2.29. The van der Waals surface area contributed by atoms with Crippen LogP contribution in [0.5, 0.6) is 11.5 Å². The summed E-state index contributed by atoms with van der Waals surface area (Å²) in [5.41, 5.74) is 5.20. The molecule has 0 aliphatic heterocycles. The van der Waals surface area contributed by atoms with Crippen molar-refractivity contribution < 1.29 is 18.6 Å². The number of fused-ring (bicyclic) bond motifs is 3. The zero-order valence-corrected chi connectivity index (χ0v) is 27.9. The van der Waals surface area contributed by atoms with E-state index in [0.29, 0.717) is 0 Å². The van der Waals surface area contributed by atoms with Crippen molar-refractivity contribution in [2.75, 3.05) is 13.2 Å². The lowest BCUT2D eigenvalue weighted by molar-refractivity contribution is -0.697. The molecule has 3 aromatic heterocycles. The monoisotopic (exact) mass is 627 g/mol. The van der Waals surface area contributed by atoms with Gasteiger partial charge in [-0.25, -0.2) is 9.13 Å². The van der Waals surface area contributed by atoms with Crippen molar-refractivity contribution in [2.24, 2.45) is 0 Å². The summed E-state index contributed by atoms with van der Waals surface area (Å²) in [6.07, 6.45) is 17.8. The van der Waals surface area contributed by atoms with Crippen LogP contribution in [0, 0.1) is 0 Å². The van der Waals surface area contributed by atoms with Crippen molar-refractivity contribution in [1.82, 2.24) is 4.57 Å². The van der Waals surface area contributed by atoms with Gasteiger partial charge in [-0.15, -0.1) is 0 Å². The third-order valence-corrected chi connectivity index (χ3v) is 8.98. The maximum atomic E-state index is 6.01. The first kappa shape index (κ1) is 32.3. The molecule has 5 heteroatoms. The largest absolute Gasteiger partial charge is 0.494 e. The Morgan fingerprint density at radius 1 is 0.489 bits per heavy atom. The molecule has 0 aliphatic rings. The number of aromatic nitrogens is 3. The summed E-state index contributed by atoms with van der Waals surface area (Å²) in [6.45, 7) is 6.84. The summed E-state index contributed by atoms with van der Waals surface area (Å²) < 4.78 is 19.0. The van der Waals surface area contributed by atoms with E-state index in [1.165, 1.54) is 52.2 Å². The molecule has 0 fully saturated rings. The predicted octanol–water partition coefficient (Wildman–Crippen LogP) is 9.34. The molecule has 5 nitrogen and oxygen atoms in total. The summed E-state index contributed by atoms with van der Waals surface area (Å²) in [5, 5.41) is 2.70. The molecule has 0 saturated carbocycles. The molecule has 0 bridgehead atoms. The van der Waals surface area contributed by atoms with E-state index in [0.717, 1.165) is 76.5 Å². The van der Waals surface area contributed by atoms with E-state index < -0.39 is 0 Å². The fourth-order valence-corrected chi connectivity index (χ4v) is 6.41. The van der Waals surface area contributed by atoms with Crippen molar-refractivity contribution in [1.29, 1.82) is 0 Å². The fourth-order valence-electron chi connectivity index (χ4n) is 6.41. The second kappa shape index (κ2) is 16.8. The number of benzene rings is 3. The first-order valence-corrected chi connectivity index (χ1v) is 17.6. The van der Waals surface area contributed by atoms with Crippen LogP contribution < -0.4 is 18.6 Å². The smallest absolute Gasteiger partial charge is 0.169 e.